The highest BCUT2D eigenvalue weighted by molar-refractivity contribution is 9.10. The van der Waals surface area contributed by atoms with Crippen LogP contribution in [0.1, 0.15) is 16.8 Å². The van der Waals surface area contributed by atoms with E-state index in [4.69, 9.17) is 16.3 Å². The van der Waals surface area contributed by atoms with Crippen molar-refractivity contribution in [3.05, 3.63) is 33.3 Å². The number of halogens is 2. The Kier molecular flexibility index (Phi) is 5.17. The van der Waals surface area contributed by atoms with Crippen molar-refractivity contribution in [1.82, 2.24) is 5.32 Å². The van der Waals surface area contributed by atoms with Crippen molar-refractivity contribution in [3.8, 4) is 0 Å². The summed E-state index contributed by atoms with van der Waals surface area (Å²) in [5.74, 6) is 1.82. The second kappa shape index (κ2) is 6.48. The average Bonchev–Trinajstić information content (AvgIpc) is 2.88. The second-order valence-electron chi connectivity index (χ2n) is 4.50. The minimum Gasteiger partial charge on any atom is -0.376 e. The summed E-state index contributed by atoms with van der Waals surface area (Å²) >= 11 is 11.2. The molecule has 1 aliphatic rings. The lowest BCUT2D eigenvalue weighted by molar-refractivity contribution is 0.0137. The average molecular weight is 365 g/mol. The van der Waals surface area contributed by atoms with Gasteiger partial charge in [-0.2, -0.15) is 11.8 Å². The molecule has 1 aromatic carbocycles. The predicted molar refractivity (Wildman–Crippen MR) is 83.2 cm³/mol. The Morgan fingerprint density at radius 2 is 2.42 bits per heavy atom. The maximum absolute atomic E-state index is 12.2. The van der Waals surface area contributed by atoms with Crippen LogP contribution in [0.25, 0.3) is 0 Å². The molecule has 1 fully saturated rings. The number of nitrogens with one attached hydrogen (secondary N) is 1. The number of benzene rings is 1. The first-order valence-electron chi connectivity index (χ1n) is 5.92. The number of methoxy groups -OCH3 is 1. The molecule has 0 bridgehead atoms. The van der Waals surface area contributed by atoms with Crippen LogP contribution in [0.5, 0.6) is 0 Å². The van der Waals surface area contributed by atoms with E-state index in [1.165, 1.54) is 0 Å². The van der Waals surface area contributed by atoms with Gasteiger partial charge in [0.25, 0.3) is 5.91 Å². The van der Waals surface area contributed by atoms with Crippen LogP contribution in [0.4, 0.5) is 0 Å². The molecule has 1 amide bonds. The highest BCUT2D eigenvalue weighted by Crippen LogP contribution is 2.30. The van der Waals surface area contributed by atoms with Crippen molar-refractivity contribution >= 4 is 45.2 Å². The maximum Gasteiger partial charge on any atom is 0.252 e. The van der Waals surface area contributed by atoms with Gasteiger partial charge in [-0.15, -0.1) is 0 Å². The highest BCUT2D eigenvalue weighted by atomic mass is 79.9. The van der Waals surface area contributed by atoms with E-state index >= 15 is 0 Å². The van der Waals surface area contributed by atoms with E-state index in [-0.39, 0.29) is 11.5 Å². The third-order valence-corrected chi connectivity index (χ3v) is 5.29. The lowest BCUT2D eigenvalue weighted by Crippen LogP contribution is -2.44. The topological polar surface area (TPSA) is 38.3 Å². The summed E-state index contributed by atoms with van der Waals surface area (Å²) in [6.07, 6.45) is 0.959. The van der Waals surface area contributed by atoms with Crippen LogP contribution >= 0.6 is 39.3 Å². The largest absolute Gasteiger partial charge is 0.376 e. The molecule has 6 heteroatoms. The van der Waals surface area contributed by atoms with Gasteiger partial charge in [0.1, 0.15) is 0 Å². The molecule has 3 nitrogen and oxygen atoms in total. The van der Waals surface area contributed by atoms with Gasteiger partial charge in [-0.05, 0) is 30.4 Å². The van der Waals surface area contributed by atoms with Crippen LogP contribution in [0, 0.1) is 0 Å². The smallest absolute Gasteiger partial charge is 0.252 e. The minimum absolute atomic E-state index is 0.167. The Labute approximate surface area is 130 Å². The van der Waals surface area contributed by atoms with Gasteiger partial charge >= 0.3 is 0 Å². The number of hydrogen-bond donors (Lipinski definition) is 1. The van der Waals surface area contributed by atoms with Crippen molar-refractivity contribution < 1.29 is 9.53 Å². The minimum atomic E-state index is -0.237. The summed E-state index contributed by atoms with van der Waals surface area (Å²) in [6.45, 7) is 0.512. The standard InChI is InChI=1S/C13H15BrClNO2S/c1-18-13(4-5-19-8-13)7-16-12(17)10-6-9(14)2-3-11(10)15/h2-3,6H,4-5,7-8H2,1H3,(H,16,17). The summed E-state index contributed by atoms with van der Waals surface area (Å²) in [6, 6.07) is 5.24. The number of carbonyl (C=O) groups excluding carboxylic acids is 1. The SMILES string of the molecule is COC1(CNC(=O)c2cc(Br)ccc2Cl)CCSC1. The third kappa shape index (κ3) is 3.66. The summed E-state index contributed by atoms with van der Waals surface area (Å²) in [5, 5.41) is 3.37. The van der Waals surface area contributed by atoms with E-state index in [9.17, 15) is 4.79 Å². The Hall–Kier alpha value is -0.230. The van der Waals surface area contributed by atoms with Crippen LogP contribution in [0.15, 0.2) is 22.7 Å². The van der Waals surface area contributed by atoms with Gasteiger partial charge in [-0.1, -0.05) is 27.5 Å². The second-order valence-corrected chi connectivity index (χ2v) is 6.92. The van der Waals surface area contributed by atoms with Crippen LogP contribution in [-0.2, 0) is 4.74 Å². The summed E-state index contributed by atoms with van der Waals surface area (Å²) in [5.41, 5.74) is 0.242. The fourth-order valence-electron chi connectivity index (χ4n) is 1.97. The third-order valence-electron chi connectivity index (χ3n) is 3.24. The van der Waals surface area contributed by atoms with E-state index in [1.54, 1.807) is 19.2 Å². The van der Waals surface area contributed by atoms with Crippen LogP contribution in [0.3, 0.4) is 0 Å². The molecule has 1 N–H and O–H groups in total. The molecule has 0 aromatic heterocycles. The molecule has 104 valence electrons. The monoisotopic (exact) mass is 363 g/mol. The van der Waals surface area contributed by atoms with E-state index in [0.717, 1.165) is 22.4 Å². The molecule has 0 aliphatic carbocycles. The van der Waals surface area contributed by atoms with E-state index < -0.39 is 0 Å². The van der Waals surface area contributed by atoms with Gasteiger partial charge in [-0.3, -0.25) is 4.79 Å². The fraction of sp³-hybridized carbons (Fsp3) is 0.462. The van der Waals surface area contributed by atoms with Gasteiger partial charge in [0.15, 0.2) is 0 Å². The number of amides is 1. The number of thioether (sulfide) groups is 1. The zero-order chi connectivity index (χ0) is 13.9. The molecular weight excluding hydrogens is 350 g/mol. The molecular formula is C13H15BrClNO2S. The van der Waals surface area contributed by atoms with E-state index in [2.05, 4.69) is 21.2 Å². The molecule has 1 atom stereocenters. The molecule has 19 heavy (non-hydrogen) atoms. The summed E-state index contributed by atoms with van der Waals surface area (Å²) in [7, 11) is 1.70. The summed E-state index contributed by atoms with van der Waals surface area (Å²) < 4.78 is 6.39. The Bertz CT molecular complexity index is 478. The zero-order valence-electron chi connectivity index (χ0n) is 10.5. The van der Waals surface area contributed by atoms with Crippen molar-refractivity contribution in [3.63, 3.8) is 0 Å². The molecule has 1 aliphatic heterocycles. The lowest BCUT2D eigenvalue weighted by Gasteiger charge is -2.26. The van der Waals surface area contributed by atoms with Gasteiger partial charge in [0.2, 0.25) is 0 Å². The van der Waals surface area contributed by atoms with Crippen LogP contribution in [0.2, 0.25) is 5.02 Å². The van der Waals surface area contributed by atoms with Crippen molar-refractivity contribution in [1.29, 1.82) is 0 Å². The first-order valence-corrected chi connectivity index (χ1v) is 8.25. The Morgan fingerprint density at radius 1 is 1.63 bits per heavy atom. The van der Waals surface area contributed by atoms with E-state index in [1.807, 2.05) is 17.8 Å². The van der Waals surface area contributed by atoms with E-state index in [0.29, 0.717) is 17.1 Å². The molecule has 2 rings (SSSR count). The predicted octanol–water partition coefficient (Wildman–Crippen LogP) is 3.35. The Balaban J connectivity index is 2.03. The molecule has 0 saturated carbocycles. The first-order chi connectivity index (χ1) is 9.06. The quantitative estimate of drug-likeness (QED) is 0.890. The van der Waals surface area contributed by atoms with Crippen molar-refractivity contribution in [2.75, 3.05) is 25.2 Å². The molecule has 1 heterocycles. The fourth-order valence-corrected chi connectivity index (χ4v) is 3.93. The Morgan fingerprint density at radius 3 is 3.05 bits per heavy atom. The lowest BCUT2D eigenvalue weighted by atomic mass is 10.0. The number of ether oxygens (including phenoxy) is 1. The number of hydrogen-bond acceptors (Lipinski definition) is 3. The number of rotatable bonds is 4. The maximum atomic E-state index is 12.2. The van der Waals surface area contributed by atoms with Gasteiger partial charge in [0.05, 0.1) is 16.2 Å². The highest BCUT2D eigenvalue weighted by Gasteiger charge is 2.34. The van der Waals surface area contributed by atoms with Crippen molar-refractivity contribution in [2.24, 2.45) is 0 Å². The molecule has 0 spiro atoms. The normalized spacial score (nSPS) is 22.5. The van der Waals surface area contributed by atoms with Gasteiger partial charge in [-0.25, -0.2) is 0 Å². The first kappa shape index (κ1) is 15.2. The summed E-state index contributed by atoms with van der Waals surface area (Å²) in [4.78, 5) is 12.2. The van der Waals surface area contributed by atoms with Crippen molar-refractivity contribution in [2.45, 2.75) is 12.0 Å². The molecule has 1 saturated heterocycles. The molecule has 0 radical (unpaired) electrons. The zero-order valence-corrected chi connectivity index (χ0v) is 13.7. The van der Waals surface area contributed by atoms with Gasteiger partial charge < -0.3 is 10.1 Å². The van der Waals surface area contributed by atoms with Crippen LogP contribution < -0.4 is 5.32 Å². The number of carbonyl (C=O) groups is 1. The van der Waals surface area contributed by atoms with Gasteiger partial charge in [0, 0.05) is 23.9 Å². The molecule has 1 unspecified atom stereocenters. The van der Waals surface area contributed by atoms with Crippen LogP contribution in [-0.4, -0.2) is 36.7 Å². The molecule has 1 aromatic rings.